The van der Waals surface area contributed by atoms with Gasteiger partial charge in [-0.3, -0.25) is 0 Å². The molecule has 3 nitrogen and oxygen atoms in total. The molecule has 0 bridgehead atoms. The topological polar surface area (TPSA) is 37.8 Å². The Labute approximate surface area is 115 Å². The molecule has 0 aliphatic heterocycles. The van der Waals surface area contributed by atoms with Crippen molar-refractivity contribution in [2.45, 2.75) is 58.2 Å². The van der Waals surface area contributed by atoms with Crippen molar-refractivity contribution < 1.29 is 13.2 Å². The SMILES string of the molecule is CCCNC(CCC(F)(F)F)c1snnc1C(C)C. The molecule has 0 aliphatic carbocycles. The van der Waals surface area contributed by atoms with E-state index in [0.717, 1.165) is 17.0 Å². The Hall–Kier alpha value is -0.690. The maximum atomic E-state index is 12.4. The predicted octanol–water partition coefficient (Wildman–Crippen LogP) is 4.04. The monoisotopic (exact) mass is 295 g/mol. The molecule has 0 radical (unpaired) electrons. The van der Waals surface area contributed by atoms with Crippen molar-refractivity contribution in [3.05, 3.63) is 10.6 Å². The second-order valence-corrected chi connectivity index (χ2v) is 5.62. The van der Waals surface area contributed by atoms with Crippen LogP contribution in [0.3, 0.4) is 0 Å². The van der Waals surface area contributed by atoms with Crippen LogP contribution in [0.5, 0.6) is 0 Å². The molecule has 0 saturated carbocycles. The minimum atomic E-state index is -4.12. The fourth-order valence-electron chi connectivity index (χ4n) is 1.80. The van der Waals surface area contributed by atoms with Gasteiger partial charge in [0.25, 0.3) is 0 Å². The van der Waals surface area contributed by atoms with Crippen molar-refractivity contribution in [3.63, 3.8) is 0 Å². The first kappa shape index (κ1) is 16.4. The van der Waals surface area contributed by atoms with E-state index in [0.29, 0.717) is 6.54 Å². The van der Waals surface area contributed by atoms with Crippen molar-refractivity contribution in [3.8, 4) is 0 Å². The fourth-order valence-corrected chi connectivity index (χ4v) is 2.71. The van der Waals surface area contributed by atoms with Crippen LogP contribution in [0, 0.1) is 0 Å². The highest BCUT2D eigenvalue weighted by molar-refractivity contribution is 7.05. The normalized spacial score (nSPS) is 14.1. The smallest absolute Gasteiger partial charge is 0.309 e. The van der Waals surface area contributed by atoms with E-state index in [-0.39, 0.29) is 18.4 Å². The van der Waals surface area contributed by atoms with Gasteiger partial charge in [0.05, 0.1) is 10.6 Å². The Balaban J connectivity index is 2.80. The van der Waals surface area contributed by atoms with Crippen molar-refractivity contribution >= 4 is 11.5 Å². The van der Waals surface area contributed by atoms with E-state index >= 15 is 0 Å². The van der Waals surface area contributed by atoms with E-state index in [2.05, 4.69) is 14.9 Å². The average Bonchev–Trinajstić information content (AvgIpc) is 2.77. The van der Waals surface area contributed by atoms with Gasteiger partial charge >= 0.3 is 6.18 Å². The van der Waals surface area contributed by atoms with Gasteiger partial charge in [-0.2, -0.15) is 13.2 Å². The molecule has 0 aromatic carbocycles. The zero-order valence-corrected chi connectivity index (χ0v) is 12.2. The minimum absolute atomic E-state index is 0.0348. The molecule has 1 rings (SSSR count). The van der Waals surface area contributed by atoms with Crippen molar-refractivity contribution in [1.82, 2.24) is 14.9 Å². The molecule has 0 saturated heterocycles. The molecule has 0 fully saturated rings. The lowest BCUT2D eigenvalue weighted by molar-refractivity contribution is -0.136. The standard InChI is InChI=1S/C12H20F3N3S/c1-4-7-16-9(5-6-12(13,14)15)11-10(8(2)3)17-18-19-11/h8-9,16H,4-7H2,1-3H3. The van der Waals surface area contributed by atoms with E-state index in [1.54, 1.807) is 0 Å². The molecule has 1 N–H and O–H groups in total. The molecule has 110 valence electrons. The highest BCUT2D eigenvalue weighted by Gasteiger charge is 2.30. The van der Waals surface area contributed by atoms with E-state index < -0.39 is 12.6 Å². The number of aromatic nitrogens is 2. The van der Waals surface area contributed by atoms with Crippen LogP contribution in [0.1, 0.15) is 62.6 Å². The van der Waals surface area contributed by atoms with Crippen LogP contribution in [0.25, 0.3) is 0 Å². The van der Waals surface area contributed by atoms with Crippen LogP contribution in [-0.2, 0) is 0 Å². The first-order valence-corrected chi connectivity index (χ1v) is 7.24. The fraction of sp³-hybridized carbons (Fsp3) is 0.833. The van der Waals surface area contributed by atoms with E-state index in [9.17, 15) is 13.2 Å². The third-order valence-electron chi connectivity index (χ3n) is 2.76. The molecule has 1 unspecified atom stereocenters. The van der Waals surface area contributed by atoms with Gasteiger partial charge in [-0.15, -0.1) is 5.10 Å². The molecule has 19 heavy (non-hydrogen) atoms. The number of halogens is 3. The number of nitrogens with one attached hydrogen (secondary N) is 1. The third-order valence-corrected chi connectivity index (χ3v) is 3.61. The van der Waals surface area contributed by atoms with Crippen molar-refractivity contribution in [2.75, 3.05) is 6.54 Å². The quantitative estimate of drug-likeness (QED) is 0.825. The number of nitrogens with zero attached hydrogens (tertiary/aromatic N) is 2. The summed E-state index contributed by atoms with van der Waals surface area (Å²) in [7, 11) is 0. The van der Waals surface area contributed by atoms with Gasteiger partial charge in [-0.25, -0.2) is 0 Å². The van der Waals surface area contributed by atoms with Gasteiger partial charge in [0.2, 0.25) is 0 Å². The summed E-state index contributed by atoms with van der Waals surface area (Å²) in [6.45, 7) is 6.63. The summed E-state index contributed by atoms with van der Waals surface area (Å²) in [5.41, 5.74) is 0.806. The van der Waals surface area contributed by atoms with Gasteiger partial charge in [-0.05, 0) is 36.8 Å². The number of hydrogen-bond donors (Lipinski definition) is 1. The lowest BCUT2D eigenvalue weighted by Gasteiger charge is -2.19. The summed E-state index contributed by atoms with van der Waals surface area (Å²) >= 11 is 1.20. The van der Waals surface area contributed by atoms with Gasteiger partial charge < -0.3 is 5.32 Å². The molecule has 0 aliphatic rings. The molecule has 0 amide bonds. The van der Waals surface area contributed by atoms with Crippen LogP contribution in [-0.4, -0.2) is 22.3 Å². The van der Waals surface area contributed by atoms with Gasteiger partial charge in [0.15, 0.2) is 0 Å². The van der Waals surface area contributed by atoms with Crippen LogP contribution >= 0.6 is 11.5 Å². The lowest BCUT2D eigenvalue weighted by Crippen LogP contribution is -2.24. The minimum Gasteiger partial charge on any atom is -0.309 e. The molecule has 1 heterocycles. The van der Waals surface area contributed by atoms with Crippen LogP contribution in [0.2, 0.25) is 0 Å². The molecule has 1 aromatic heterocycles. The molecule has 7 heteroatoms. The summed E-state index contributed by atoms with van der Waals surface area (Å²) in [5, 5.41) is 7.21. The number of hydrogen-bond acceptors (Lipinski definition) is 4. The first-order valence-electron chi connectivity index (χ1n) is 6.47. The Morgan fingerprint density at radius 3 is 2.53 bits per heavy atom. The number of alkyl halides is 3. The Kier molecular flexibility index (Phi) is 6.19. The summed E-state index contributed by atoms with van der Waals surface area (Å²) in [4.78, 5) is 0.840. The highest BCUT2D eigenvalue weighted by Crippen LogP contribution is 2.32. The average molecular weight is 295 g/mol. The molecule has 0 spiro atoms. The van der Waals surface area contributed by atoms with Gasteiger partial charge in [0.1, 0.15) is 0 Å². The second kappa shape index (κ2) is 7.19. The van der Waals surface area contributed by atoms with Crippen molar-refractivity contribution in [1.29, 1.82) is 0 Å². The summed E-state index contributed by atoms with van der Waals surface area (Å²) in [6.07, 6.45) is -4.00. The molecule has 1 atom stereocenters. The van der Waals surface area contributed by atoms with Crippen molar-refractivity contribution in [2.24, 2.45) is 0 Å². The van der Waals surface area contributed by atoms with E-state index in [1.165, 1.54) is 11.5 Å². The maximum Gasteiger partial charge on any atom is 0.389 e. The van der Waals surface area contributed by atoms with Crippen LogP contribution in [0.4, 0.5) is 13.2 Å². The Morgan fingerprint density at radius 2 is 2.00 bits per heavy atom. The first-order chi connectivity index (χ1) is 8.85. The zero-order chi connectivity index (χ0) is 14.5. The summed E-state index contributed by atoms with van der Waals surface area (Å²) in [6, 6.07) is -0.307. The van der Waals surface area contributed by atoms with Gasteiger partial charge in [0, 0.05) is 12.5 Å². The van der Waals surface area contributed by atoms with Gasteiger partial charge in [-0.1, -0.05) is 25.3 Å². The molecule has 1 aromatic rings. The van der Waals surface area contributed by atoms with E-state index in [1.807, 2.05) is 20.8 Å². The van der Waals surface area contributed by atoms with E-state index in [4.69, 9.17) is 0 Å². The van der Waals surface area contributed by atoms with Crippen LogP contribution < -0.4 is 5.32 Å². The largest absolute Gasteiger partial charge is 0.389 e. The summed E-state index contributed by atoms with van der Waals surface area (Å²) < 4.78 is 41.0. The predicted molar refractivity (Wildman–Crippen MR) is 70.3 cm³/mol. The third kappa shape index (κ3) is 5.44. The number of rotatable bonds is 7. The Morgan fingerprint density at radius 1 is 1.32 bits per heavy atom. The second-order valence-electron chi connectivity index (χ2n) is 4.84. The Bertz CT molecular complexity index is 377. The van der Waals surface area contributed by atoms with Crippen LogP contribution in [0.15, 0.2) is 0 Å². The zero-order valence-electron chi connectivity index (χ0n) is 11.4. The highest BCUT2D eigenvalue weighted by atomic mass is 32.1. The molecular formula is C12H20F3N3S. The summed E-state index contributed by atoms with van der Waals surface area (Å²) in [5.74, 6) is 0.172. The maximum absolute atomic E-state index is 12.4. The molecular weight excluding hydrogens is 275 g/mol. The lowest BCUT2D eigenvalue weighted by atomic mass is 10.0.